The highest BCUT2D eigenvalue weighted by Crippen LogP contribution is 2.54. The maximum absolute atomic E-state index is 14.0. The van der Waals surface area contributed by atoms with Gasteiger partial charge in [-0.3, -0.25) is 9.44 Å². The van der Waals surface area contributed by atoms with Crippen LogP contribution in [0.2, 0.25) is 0 Å². The fourth-order valence-electron chi connectivity index (χ4n) is 4.97. The number of carboxylic acids is 1. The number of alkyl halides is 3. The summed E-state index contributed by atoms with van der Waals surface area (Å²) >= 11 is 0. The molecular weight excluding hydrogens is 431 g/mol. The van der Waals surface area contributed by atoms with Crippen molar-refractivity contribution in [2.45, 2.75) is 50.0 Å². The largest absolute Gasteiger partial charge is 0.622 e. The van der Waals surface area contributed by atoms with Crippen molar-refractivity contribution >= 4 is 23.1 Å². The second kappa shape index (κ2) is 6.93. The highest BCUT2D eigenvalue weighted by molar-refractivity contribution is 6.27. The van der Waals surface area contributed by atoms with Crippen molar-refractivity contribution in [2.75, 3.05) is 18.0 Å². The zero-order valence-electron chi connectivity index (χ0n) is 17.0. The first-order chi connectivity index (χ1) is 15.0. The number of anilines is 1. The summed E-state index contributed by atoms with van der Waals surface area (Å²) in [4.78, 5) is 26.1. The van der Waals surface area contributed by atoms with Gasteiger partial charge in [-0.15, -0.1) is 0 Å². The number of nitrogens with zero attached hydrogens (tertiary/aromatic N) is 2. The summed E-state index contributed by atoms with van der Waals surface area (Å²) < 4.78 is 44.0. The number of carboxylic acid groups (broad SMARTS) is 1. The number of ether oxygens (including phenoxy) is 1. The van der Waals surface area contributed by atoms with Crippen molar-refractivity contribution in [3.05, 3.63) is 34.7 Å². The van der Waals surface area contributed by atoms with Crippen LogP contribution in [-0.2, 0) is 4.79 Å². The lowest BCUT2D eigenvalue weighted by atomic mass is 9.95. The van der Waals surface area contributed by atoms with Gasteiger partial charge in [0.05, 0.1) is 11.3 Å². The standard InChI is InChI=1S/C21H22F3N3O5/c22-13-7-15(13)27(31)9-12(19(29)30)17(28)11-1-2-14(18(16(11)27)32-20(23)24)26-6-3-10(8-26)21(25)4-5-21/h1-2,9-10,13,15,20H,3-8,25H2,(H,29,30)/t10-,13-,15-,27?/m1/s1. The molecule has 1 unspecified atom stereocenters. The number of quaternary nitrogens is 1. The summed E-state index contributed by atoms with van der Waals surface area (Å²) in [6.07, 6.45) is 1.37. The minimum Gasteiger partial charge on any atom is -0.622 e. The van der Waals surface area contributed by atoms with Crippen molar-refractivity contribution in [2.24, 2.45) is 11.7 Å². The van der Waals surface area contributed by atoms with Gasteiger partial charge in [0.1, 0.15) is 12.2 Å². The Balaban J connectivity index is 1.65. The Labute approximate surface area is 181 Å². The van der Waals surface area contributed by atoms with Gasteiger partial charge in [0.25, 0.3) is 0 Å². The van der Waals surface area contributed by atoms with Gasteiger partial charge >= 0.3 is 12.6 Å². The Morgan fingerprint density at radius 2 is 2.06 bits per heavy atom. The van der Waals surface area contributed by atoms with Gasteiger partial charge in [0, 0.05) is 25.0 Å². The fraction of sp³-hybridized carbons (Fsp3) is 0.524. The van der Waals surface area contributed by atoms with Gasteiger partial charge < -0.3 is 25.7 Å². The van der Waals surface area contributed by atoms with Crippen LogP contribution >= 0.6 is 0 Å². The van der Waals surface area contributed by atoms with E-state index in [0.29, 0.717) is 19.3 Å². The lowest BCUT2D eigenvalue weighted by Gasteiger charge is -2.43. The molecule has 2 saturated carbocycles. The molecule has 3 fully saturated rings. The highest BCUT2D eigenvalue weighted by Gasteiger charge is 2.56. The van der Waals surface area contributed by atoms with Gasteiger partial charge in [0.2, 0.25) is 11.5 Å². The van der Waals surface area contributed by atoms with Gasteiger partial charge in [-0.25, -0.2) is 9.18 Å². The number of hydrogen-bond acceptors (Lipinski definition) is 6. The summed E-state index contributed by atoms with van der Waals surface area (Å²) in [5.41, 5.74) is 4.55. The molecule has 3 N–H and O–H groups in total. The van der Waals surface area contributed by atoms with E-state index >= 15 is 0 Å². The second-order valence-corrected chi connectivity index (χ2v) is 9.06. The number of aliphatic carboxylic acids is 1. The average molecular weight is 453 g/mol. The molecule has 4 atom stereocenters. The van der Waals surface area contributed by atoms with Crippen LogP contribution in [0.15, 0.2) is 23.9 Å². The first-order valence-corrected chi connectivity index (χ1v) is 10.5. The van der Waals surface area contributed by atoms with E-state index in [9.17, 15) is 33.1 Å². The summed E-state index contributed by atoms with van der Waals surface area (Å²) in [6.45, 7) is -2.36. The van der Waals surface area contributed by atoms with Gasteiger partial charge in [-0.1, -0.05) is 0 Å². The maximum Gasteiger partial charge on any atom is 0.387 e. The van der Waals surface area contributed by atoms with E-state index in [4.69, 9.17) is 10.5 Å². The first kappa shape index (κ1) is 21.2. The van der Waals surface area contributed by atoms with Crippen LogP contribution in [0.3, 0.4) is 0 Å². The van der Waals surface area contributed by atoms with E-state index in [1.807, 2.05) is 0 Å². The van der Waals surface area contributed by atoms with Crippen molar-refractivity contribution in [3.8, 4) is 5.75 Å². The summed E-state index contributed by atoms with van der Waals surface area (Å²) in [6, 6.07) is 1.38. The van der Waals surface area contributed by atoms with Gasteiger partial charge in [-0.2, -0.15) is 8.78 Å². The minimum absolute atomic E-state index is 0.142. The van der Waals surface area contributed by atoms with Crippen LogP contribution in [0.5, 0.6) is 5.75 Å². The third-order valence-corrected chi connectivity index (χ3v) is 7.05. The number of nitrogens with two attached hydrogens (primary N) is 1. The Morgan fingerprint density at radius 1 is 1.38 bits per heavy atom. The molecule has 32 heavy (non-hydrogen) atoms. The number of ketones is 1. The van der Waals surface area contributed by atoms with E-state index in [0.717, 1.165) is 19.3 Å². The quantitative estimate of drug-likeness (QED) is 0.387. The average Bonchev–Trinajstić information content (AvgIpc) is 3.59. The molecule has 0 amide bonds. The number of carbonyl (C=O) groups is 2. The number of hydrogen-bond donors (Lipinski definition) is 2. The molecule has 0 aromatic heterocycles. The number of rotatable bonds is 6. The van der Waals surface area contributed by atoms with Gasteiger partial charge in [0.15, 0.2) is 17.4 Å². The number of carbonyl (C=O) groups excluding carboxylic acids is 1. The molecule has 4 aliphatic rings. The highest BCUT2D eigenvalue weighted by atomic mass is 19.3. The maximum atomic E-state index is 14.0. The van der Waals surface area contributed by atoms with E-state index in [1.54, 1.807) is 4.90 Å². The minimum atomic E-state index is -3.31. The predicted octanol–water partition coefficient (Wildman–Crippen LogP) is 2.69. The molecular formula is C21H22F3N3O5. The number of hydroxylamine groups is 2. The Morgan fingerprint density at radius 3 is 2.62 bits per heavy atom. The van der Waals surface area contributed by atoms with Crippen LogP contribution in [0.1, 0.15) is 36.0 Å². The Bertz CT molecular complexity index is 1040. The van der Waals surface area contributed by atoms with Gasteiger partial charge in [-0.05, 0) is 37.3 Å². The number of benzene rings is 1. The van der Waals surface area contributed by atoms with E-state index in [1.165, 1.54) is 12.1 Å². The fourth-order valence-corrected chi connectivity index (χ4v) is 4.97. The molecule has 1 saturated heterocycles. The van der Waals surface area contributed by atoms with Crippen LogP contribution < -0.4 is 20.0 Å². The van der Waals surface area contributed by atoms with E-state index in [2.05, 4.69) is 0 Å². The monoisotopic (exact) mass is 453 g/mol. The SMILES string of the molecule is NC1([C@@H]2CCN(c3ccc4c(c3OC(F)F)[N+]([O-])([C@@H]3C[C@H]3F)C=C(C(=O)O)C4=O)C2)CC1. The molecule has 0 radical (unpaired) electrons. The zero-order chi connectivity index (χ0) is 23.0. The normalized spacial score (nSPS) is 32.6. The third-order valence-electron chi connectivity index (χ3n) is 7.05. The molecule has 5 rings (SSSR count). The predicted molar refractivity (Wildman–Crippen MR) is 108 cm³/mol. The van der Waals surface area contributed by atoms with Crippen molar-refractivity contribution in [1.82, 2.24) is 4.65 Å². The lowest BCUT2D eigenvalue weighted by Crippen LogP contribution is -2.46. The van der Waals surface area contributed by atoms with Crippen LogP contribution in [0.25, 0.3) is 0 Å². The topological polar surface area (TPSA) is 116 Å². The van der Waals surface area contributed by atoms with Crippen LogP contribution in [0, 0.1) is 11.1 Å². The molecule has 11 heteroatoms. The van der Waals surface area contributed by atoms with Crippen molar-refractivity contribution in [3.63, 3.8) is 0 Å². The number of fused-ring (bicyclic) bond motifs is 1. The van der Waals surface area contributed by atoms with E-state index < -0.39 is 52.2 Å². The molecule has 172 valence electrons. The molecule has 1 aromatic carbocycles. The number of halogens is 3. The number of Topliss-reactive ketones (excluding diaryl/α,β-unsaturated/α-hetero) is 1. The van der Waals surface area contributed by atoms with Crippen molar-refractivity contribution in [1.29, 1.82) is 0 Å². The molecule has 2 aliphatic carbocycles. The van der Waals surface area contributed by atoms with Crippen LogP contribution in [-0.4, -0.2) is 54.3 Å². The van der Waals surface area contributed by atoms with Crippen molar-refractivity contribution < 1.29 is 32.6 Å². The lowest BCUT2D eigenvalue weighted by molar-refractivity contribution is -0.132. The zero-order valence-corrected chi connectivity index (χ0v) is 17.0. The summed E-state index contributed by atoms with van der Waals surface area (Å²) in [5.74, 6) is -3.01. The smallest absolute Gasteiger partial charge is 0.387 e. The Kier molecular flexibility index (Phi) is 4.60. The Hall–Kier alpha value is -2.63. The molecule has 2 heterocycles. The third kappa shape index (κ3) is 3.18. The summed E-state index contributed by atoms with van der Waals surface area (Å²) in [7, 11) is 0. The summed E-state index contributed by atoms with van der Waals surface area (Å²) in [5, 5.41) is 23.2. The van der Waals surface area contributed by atoms with E-state index in [-0.39, 0.29) is 29.1 Å². The molecule has 1 aromatic rings. The van der Waals surface area contributed by atoms with Crippen LogP contribution in [0.4, 0.5) is 24.5 Å². The first-order valence-electron chi connectivity index (χ1n) is 10.5. The second-order valence-electron chi connectivity index (χ2n) is 9.06. The molecule has 8 nitrogen and oxygen atoms in total. The molecule has 0 bridgehead atoms. The molecule has 0 spiro atoms. The molecule has 2 aliphatic heterocycles.